The number of carbonyl (C=O) groups excluding carboxylic acids is 1. The lowest BCUT2D eigenvalue weighted by Gasteiger charge is -2.42. The van der Waals surface area contributed by atoms with Crippen LogP contribution in [-0.2, 0) is 10.3 Å². The molecule has 0 atom stereocenters. The number of nitrogens with zero attached hydrogens (tertiary/aromatic N) is 2. The van der Waals surface area contributed by atoms with Crippen LogP contribution in [0.15, 0.2) is 42.6 Å². The Morgan fingerprint density at radius 2 is 2.00 bits per heavy atom. The van der Waals surface area contributed by atoms with Crippen LogP contribution in [0.3, 0.4) is 0 Å². The number of rotatable bonds is 4. The van der Waals surface area contributed by atoms with E-state index in [0.717, 1.165) is 5.56 Å². The number of hydrogen-bond acceptors (Lipinski definition) is 3. The second-order valence-corrected chi connectivity index (χ2v) is 5.65. The third-order valence-corrected chi connectivity index (χ3v) is 3.77. The van der Waals surface area contributed by atoms with Gasteiger partial charge in [0.2, 0.25) is 0 Å². The van der Waals surface area contributed by atoms with E-state index in [2.05, 4.69) is 10.4 Å². The molecule has 21 heavy (non-hydrogen) atoms. The largest absolute Gasteiger partial charge is 0.376 e. The lowest BCUT2D eigenvalue weighted by molar-refractivity contribution is -0.0735. The molecule has 1 aliphatic rings. The topological polar surface area (TPSA) is 56.2 Å². The summed E-state index contributed by atoms with van der Waals surface area (Å²) in [6.45, 7) is 5.00. The van der Waals surface area contributed by atoms with E-state index in [1.807, 2.05) is 44.2 Å². The molecule has 0 saturated carbocycles. The van der Waals surface area contributed by atoms with Gasteiger partial charge in [0.1, 0.15) is 11.2 Å². The van der Waals surface area contributed by atoms with Crippen molar-refractivity contribution in [1.29, 1.82) is 0 Å². The van der Waals surface area contributed by atoms with Crippen molar-refractivity contribution in [3.8, 4) is 0 Å². The first-order valence-electron chi connectivity index (χ1n) is 7.12. The van der Waals surface area contributed by atoms with E-state index < -0.39 is 5.54 Å². The SMILES string of the molecule is CC(C)n1nccc1C(=O)NC1(c2ccccc2)COC1. The number of nitrogens with one attached hydrogen (secondary N) is 1. The van der Waals surface area contributed by atoms with E-state index in [1.54, 1.807) is 16.9 Å². The van der Waals surface area contributed by atoms with Crippen molar-refractivity contribution in [1.82, 2.24) is 15.1 Å². The minimum absolute atomic E-state index is 0.117. The van der Waals surface area contributed by atoms with Gasteiger partial charge < -0.3 is 10.1 Å². The van der Waals surface area contributed by atoms with Crippen molar-refractivity contribution in [2.45, 2.75) is 25.4 Å². The lowest BCUT2D eigenvalue weighted by atomic mass is 9.88. The second-order valence-electron chi connectivity index (χ2n) is 5.65. The molecule has 0 aliphatic carbocycles. The standard InChI is InChI=1S/C16H19N3O2/c1-12(2)19-14(8-9-17-19)15(20)18-16(10-21-11-16)13-6-4-3-5-7-13/h3-9,12H,10-11H2,1-2H3,(H,18,20). The smallest absolute Gasteiger partial charge is 0.270 e. The Kier molecular flexibility index (Phi) is 3.51. The highest BCUT2D eigenvalue weighted by atomic mass is 16.5. The molecule has 110 valence electrons. The zero-order valence-corrected chi connectivity index (χ0v) is 12.2. The van der Waals surface area contributed by atoms with Crippen LogP contribution in [0.25, 0.3) is 0 Å². The molecule has 2 aromatic rings. The van der Waals surface area contributed by atoms with Gasteiger partial charge in [-0.3, -0.25) is 9.48 Å². The molecular formula is C16H19N3O2. The molecule has 0 radical (unpaired) electrons. The summed E-state index contributed by atoms with van der Waals surface area (Å²) in [6, 6.07) is 11.8. The van der Waals surface area contributed by atoms with Crippen molar-refractivity contribution in [3.63, 3.8) is 0 Å². The average molecular weight is 285 g/mol. The fourth-order valence-corrected chi connectivity index (χ4v) is 2.56. The Morgan fingerprint density at radius 1 is 1.29 bits per heavy atom. The molecule has 1 N–H and O–H groups in total. The van der Waals surface area contributed by atoms with Gasteiger partial charge in [-0.25, -0.2) is 0 Å². The summed E-state index contributed by atoms with van der Waals surface area (Å²) >= 11 is 0. The quantitative estimate of drug-likeness (QED) is 0.936. The fourth-order valence-electron chi connectivity index (χ4n) is 2.56. The predicted molar refractivity (Wildman–Crippen MR) is 79.0 cm³/mol. The Hall–Kier alpha value is -2.14. The maximum Gasteiger partial charge on any atom is 0.270 e. The van der Waals surface area contributed by atoms with Gasteiger partial charge in [-0.2, -0.15) is 5.10 Å². The maximum atomic E-state index is 12.6. The number of ether oxygens (including phenoxy) is 1. The van der Waals surface area contributed by atoms with Gasteiger partial charge in [-0.1, -0.05) is 30.3 Å². The Morgan fingerprint density at radius 3 is 2.57 bits per heavy atom. The molecule has 1 saturated heterocycles. The Labute approximate surface area is 123 Å². The summed E-state index contributed by atoms with van der Waals surface area (Å²) in [5, 5.41) is 7.33. The number of hydrogen-bond donors (Lipinski definition) is 1. The molecule has 0 unspecified atom stereocenters. The highest BCUT2D eigenvalue weighted by Crippen LogP contribution is 2.29. The number of benzene rings is 1. The van der Waals surface area contributed by atoms with Crippen LogP contribution in [0, 0.1) is 0 Å². The first-order chi connectivity index (χ1) is 10.1. The van der Waals surface area contributed by atoms with Gasteiger partial charge in [0.15, 0.2) is 0 Å². The maximum absolute atomic E-state index is 12.6. The Bertz CT molecular complexity index is 630. The van der Waals surface area contributed by atoms with E-state index in [1.165, 1.54) is 0 Å². The summed E-state index contributed by atoms with van der Waals surface area (Å²) in [6.07, 6.45) is 1.65. The molecular weight excluding hydrogens is 266 g/mol. The van der Waals surface area contributed by atoms with Crippen LogP contribution in [0.1, 0.15) is 35.9 Å². The molecule has 1 fully saturated rings. The molecule has 1 aromatic heterocycles. The van der Waals surface area contributed by atoms with Crippen LogP contribution in [0.4, 0.5) is 0 Å². The van der Waals surface area contributed by atoms with E-state index in [4.69, 9.17) is 4.74 Å². The van der Waals surface area contributed by atoms with Crippen molar-refractivity contribution >= 4 is 5.91 Å². The lowest BCUT2D eigenvalue weighted by Crippen LogP contribution is -2.59. The van der Waals surface area contributed by atoms with E-state index in [9.17, 15) is 4.79 Å². The monoisotopic (exact) mass is 285 g/mol. The second kappa shape index (κ2) is 5.33. The predicted octanol–water partition coefficient (Wildman–Crippen LogP) is 2.12. The highest BCUT2D eigenvalue weighted by molar-refractivity contribution is 5.93. The molecule has 1 amide bonds. The van der Waals surface area contributed by atoms with Crippen LogP contribution >= 0.6 is 0 Å². The highest BCUT2D eigenvalue weighted by Gasteiger charge is 2.42. The van der Waals surface area contributed by atoms with Crippen molar-refractivity contribution in [3.05, 3.63) is 53.9 Å². The van der Waals surface area contributed by atoms with E-state index in [0.29, 0.717) is 18.9 Å². The summed E-state index contributed by atoms with van der Waals surface area (Å²) < 4.78 is 7.08. The first kappa shape index (κ1) is 13.8. The molecule has 0 spiro atoms. The van der Waals surface area contributed by atoms with Crippen LogP contribution in [-0.4, -0.2) is 28.9 Å². The van der Waals surface area contributed by atoms with Crippen LogP contribution in [0.5, 0.6) is 0 Å². The zero-order chi connectivity index (χ0) is 14.9. The first-order valence-corrected chi connectivity index (χ1v) is 7.12. The normalized spacial score (nSPS) is 16.5. The third kappa shape index (κ3) is 2.45. The van der Waals surface area contributed by atoms with Gasteiger partial charge in [0, 0.05) is 12.2 Å². The molecule has 2 heterocycles. The van der Waals surface area contributed by atoms with Gasteiger partial charge in [-0.15, -0.1) is 0 Å². The molecule has 1 aliphatic heterocycles. The van der Waals surface area contributed by atoms with E-state index in [-0.39, 0.29) is 11.9 Å². The number of carbonyl (C=O) groups is 1. The summed E-state index contributed by atoms with van der Waals surface area (Å²) in [5.74, 6) is -0.117. The van der Waals surface area contributed by atoms with E-state index >= 15 is 0 Å². The number of amides is 1. The Balaban J connectivity index is 1.85. The van der Waals surface area contributed by atoms with Crippen LogP contribution < -0.4 is 5.32 Å². The average Bonchev–Trinajstić information content (AvgIpc) is 2.93. The van der Waals surface area contributed by atoms with Gasteiger partial charge in [-0.05, 0) is 25.5 Å². The molecule has 5 nitrogen and oxygen atoms in total. The minimum Gasteiger partial charge on any atom is -0.376 e. The van der Waals surface area contributed by atoms with Crippen molar-refractivity contribution in [2.75, 3.05) is 13.2 Å². The van der Waals surface area contributed by atoms with Crippen molar-refractivity contribution < 1.29 is 9.53 Å². The summed E-state index contributed by atoms with van der Waals surface area (Å²) in [7, 11) is 0. The molecule has 0 bridgehead atoms. The zero-order valence-electron chi connectivity index (χ0n) is 12.2. The van der Waals surface area contributed by atoms with Crippen LogP contribution in [0.2, 0.25) is 0 Å². The molecule has 5 heteroatoms. The summed E-state index contributed by atoms with van der Waals surface area (Å²) in [4.78, 5) is 12.6. The minimum atomic E-state index is -0.426. The van der Waals surface area contributed by atoms with Crippen molar-refractivity contribution in [2.24, 2.45) is 0 Å². The fraction of sp³-hybridized carbons (Fsp3) is 0.375. The molecule has 3 rings (SSSR count). The van der Waals surface area contributed by atoms with Gasteiger partial charge >= 0.3 is 0 Å². The number of aromatic nitrogens is 2. The summed E-state index contributed by atoms with van der Waals surface area (Å²) in [5.41, 5.74) is 1.22. The van der Waals surface area contributed by atoms with Gasteiger partial charge in [0.05, 0.1) is 13.2 Å². The third-order valence-electron chi connectivity index (χ3n) is 3.77. The molecule has 1 aromatic carbocycles. The van der Waals surface area contributed by atoms with Gasteiger partial charge in [0.25, 0.3) is 5.91 Å².